The van der Waals surface area contributed by atoms with Gasteiger partial charge in [0.05, 0.1) is 7.11 Å². The lowest BCUT2D eigenvalue weighted by atomic mass is 10.2. The fourth-order valence-electron chi connectivity index (χ4n) is 1.39. The van der Waals surface area contributed by atoms with Crippen molar-refractivity contribution in [3.05, 3.63) is 24.0 Å². The molecule has 0 saturated carbocycles. The van der Waals surface area contributed by atoms with Gasteiger partial charge in [0.25, 0.3) is 0 Å². The third kappa shape index (κ3) is 4.65. The predicted octanol–water partition coefficient (Wildman–Crippen LogP) is 2.28. The van der Waals surface area contributed by atoms with Crippen molar-refractivity contribution >= 4 is 23.4 Å². The molecule has 5 heteroatoms. The molecule has 0 aliphatic carbocycles. The average molecular weight is 254 g/mol. The smallest absolute Gasteiger partial charge is 0.356 e. The third-order valence-electron chi connectivity index (χ3n) is 2.26. The second kappa shape index (κ2) is 7.17. The molecule has 0 amide bonds. The molecular weight excluding hydrogens is 236 g/mol. The number of aromatic nitrogens is 1. The van der Waals surface area contributed by atoms with Gasteiger partial charge < -0.3 is 10.1 Å². The molecule has 1 aromatic heterocycles. The molecule has 17 heavy (non-hydrogen) atoms. The van der Waals surface area contributed by atoms with Gasteiger partial charge in [0.15, 0.2) is 0 Å². The van der Waals surface area contributed by atoms with Gasteiger partial charge >= 0.3 is 5.97 Å². The Morgan fingerprint density at radius 1 is 1.65 bits per heavy atom. The minimum atomic E-state index is -0.411. The number of methoxy groups -OCH3 is 1. The predicted molar refractivity (Wildman–Crippen MR) is 71.6 cm³/mol. The molecule has 0 aliphatic heterocycles. The van der Waals surface area contributed by atoms with E-state index in [2.05, 4.69) is 28.2 Å². The highest BCUT2D eigenvalue weighted by atomic mass is 32.2. The van der Waals surface area contributed by atoms with Crippen LogP contribution in [0.25, 0.3) is 0 Å². The largest absolute Gasteiger partial charge is 0.464 e. The number of rotatable bonds is 6. The van der Waals surface area contributed by atoms with Crippen LogP contribution in [0.5, 0.6) is 0 Å². The first-order chi connectivity index (χ1) is 8.17. The minimum Gasteiger partial charge on any atom is -0.464 e. The maximum atomic E-state index is 11.3. The first kappa shape index (κ1) is 13.8. The maximum Gasteiger partial charge on any atom is 0.356 e. The molecule has 1 heterocycles. The van der Waals surface area contributed by atoms with Gasteiger partial charge in [-0.3, -0.25) is 0 Å². The lowest BCUT2D eigenvalue weighted by Gasteiger charge is -2.12. The lowest BCUT2D eigenvalue weighted by molar-refractivity contribution is 0.0594. The zero-order valence-electron chi connectivity index (χ0n) is 10.4. The van der Waals surface area contributed by atoms with E-state index < -0.39 is 5.97 Å². The van der Waals surface area contributed by atoms with Crippen molar-refractivity contribution in [1.29, 1.82) is 0 Å². The standard InChI is InChI=1S/C12H18N2O2S/c1-9(8-17-3)7-14-10-4-5-13-11(6-10)12(15)16-2/h4-6,9H,7-8H2,1-3H3,(H,13,14). The minimum absolute atomic E-state index is 0.329. The second-order valence-corrected chi connectivity index (χ2v) is 4.77. The quantitative estimate of drug-likeness (QED) is 0.789. The van der Waals surface area contributed by atoms with E-state index in [1.54, 1.807) is 12.3 Å². The van der Waals surface area contributed by atoms with Crippen LogP contribution >= 0.6 is 11.8 Å². The molecule has 0 aliphatic rings. The number of esters is 1. The van der Waals surface area contributed by atoms with Gasteiger partial charge in [0.2, 0.25) is 0 Å². The van der Waals surface area contributed by atoms with Crippen LogP contribution in [0.2, 0.25) is 0 Å². The normalized spacial score (nSPS) is 11.9. The Morgan fingerprint density at radius 3 is 3.06 bits per heavy atom. The van der Waals surface area contributed by atoms with Crippen LogP contribution < -0.4 is 5.32 Å². The van der Waals surface area contributed by atoms with Crippen molar-refractivity contribution in [2.45, 2.75) is 6.92 Å². The van der Waals surface area contributed by atoms with Gasteiger partial charge in [-0.15, -0.1) is 0 Å². The molecule has 0 bridgehead atoms. The molecule has 1 unspecified atom stereocenters. The first-order valence-corrected chi connectivity index (χ1v) is 6.84. The number of ether oxygens (including phenoxy) is 1. The second-order valence-electron chi connectivity index (χ2n) is 3.86. The molecule has 0 saturated heterocycles. The molecule has 1 rings (SSSR count). The summed E-state index contributed by atoms with van der Waals surface area (Å²) in [6.45, 7) is 3.07. The van der Waals surface area contributed by atoms with Crippen LogP contribution in [0.4, 0.5) is 5.69 Å². The Hall–Kier alpha value is -1.23. The summed E-state index contributed by atoms with van der Waals surface area (Å²) >= 11 is 1.83. The summed E-state index contributed by atoms with van der Waals surface area (Å²) in [5, 5.41) is 3.29. The number of carbonyl (C=O) groups is 1. The fourth-order valence-corrected chi connectivity index (χ4v) is 2.08. The highest BCUT2D eigenvalue weighted by Gasteiger charge is 2.07. The SMILES string of the molecule is COC(=O)c1cc(NCC(C)CSC)ccn1. The van der Waals surface area contributed by atoms with Crippen LogP contribution in [0, 0.1) is 5.92 Å². The zero-order chi connectivity index (χ0) is 12.7. The van der Waals surface area contributed by atoms with Crippen LogP contribution in [0.3, 0.4) is 0 Å². The fraction of sp³-hybridized carbons (Fsp3) is 0.500. The van der Waals surface area contributed by atoms with Crippen molar-refractivity contribution in [2.75, 3.05) is 31.0 Å². The monoisotopic (exact) mass is 254 g/mol. The van der Waals surface area contributed by atoms with Crippen molar-refractivity contribution in [3.8, 4) is 0 Å². The summed E-state index contributed by atoms with van der Waals surface area (Å²) in [7, 11) is 1.35. The zero-order valence-corrected chi connectivity index (χ0v) is 11.2. The topological polar surface area (TPSA) is 51.2 Å². The molecule has 0 radical (unpaired) electrons. The van der Waals surface area contributed by atoms with Crippen LogP contribution in [0.1, 0.15) is 17.4 Å². The van der Waals surface area contributed by atoms with E-state index in [0.717, 1.165) is 18.0 Å². The van der Waals surface area contributed by atoms with E-state index in [1.165, 1.54) is 7.11 Å². The van der Waals surface area contributed by atoms with E-state index in [1.807, 2.05) is 17.8 Å². The molecule has 0 spiro atoms. The van der Waals surface area contributed by atoms with E-state index >= 15 is 0 Å². The van der Waals surface area contributed by atoms with Gasteiger partial charge in [-0.25, -0.2) is 9.78 Å². The number of anilines is 1. The highest BCUT2D eigenvalue weighted by molar-refractivity contribution is 7.98. The van der Waals surface area contributed by atoms with Gasteiger partial charge in [-0.2, -0.15) is 11.8 Å². The van der Waals surface area contributed by atoms with Crippen molar-refractivity contribution in [3.63, 3.8) is 0 Å². The Labute approximate surface area is 106 Å². The number of nitrogens with one attached hydrogen (secondary N) is 1. The summed E-state index contributed by atoms with van der Waals surface area (Å²) in [5.74, 6) is 1.28. The molecule has 1 atom stereocenters. The van der Waals surface area contributed by atoms with Crippen molar-refractivity contribution < 1.29 is 9.53 Å². The van der Waals surface area contributed by atoms with E-state index in [9.17, 15) is 4.79 Å². The average Bonchev–Trinajstić information content (AvgIpc) is 2.36. The molecule has 0 aromatic carbocycles. The van der Waals surface area contributed by atoms with Crippen molar-refractivity contribution in [2.24, 2.45) is 5.92 Å². The van der Waals surface area contributed by atoms with Crippen LogP contribution in [-0.2, 0) is 4.74 Å². The Kier molecular flexibility index (Phi) is 5.83. The lowest BCUT2D eigenvalue weighted by Crippen LogP contribution is -2.14. The van der Waals surface area contributed by atoms with E-state index in [-0.39, 0.29) is 0 Å². The van der Waals surface area contributed by atoms with Crippen LogP contribution in [-0.4, -0.2) is 36.6 Å². The number of thioether (sulfide) groups is 1. The van der Waals surface area contributed by atoms with Gasteiger partial charge in [0.1, 0.15) is 5.69 Å². The summed E-state index contributed by atoms with van der Waals surface area (Å²) in [6.07, 6.45) is 3.70. The van der Waals surface area contributed by atoms with E-state index in [0.29, 0.717) is 11.6 Å². The number of hydrogen-bond acceptors (Lipinski definition) is 5. The molecule has 1 aromatic rings. The number of nitrogens with zero attached hydrogens (tertiary/aromatic N) is 1. The van der Waals surface area contributed by atoms with Crippen LogP contribution in [0.15, 0.2) is 18.3 Å². The highest BCUT2D eigenvalue weighted by Crippen LogP contribution is 2.11. The van der Waals surface area contributed by atoms with Gasteiger partial charge in [-0.05, 0) is 30.1 Å². The number of hydrogen-bond donors (Lipinski definition) is 1. The number of pyridine rings is 1. The maximum absolute atomic E-state index is 11.3. The number of carbonyl (C=O) groups excluding carboxylic acids is 1. The molecule has 4 nitrogen and oxygen atoms in total. The Morgan fingerprint density at radius 2 is 2.41 bits per heavy atom. The summed E-state index contributed by atoms with van der Waals surface area (Å²) < 4.78 is 4.62. The molecule has 0 fully saturated rings. The van der Waals surface area contributed by atoms with Crippen molar-refractivity contribution in [1.82, 2.24) is 4.98 Å². The third-order valence-corrected chi connectivity index (χ3v) is 3.16. The Bertz CT molecular complexity index is 371. The summed E-state index contributed by atoms with van der Waals surface area (Å²) in [6, 6.07) is 3.55. The van der Waals surface area contributed by atoms with E-state index in [4.69, 9.17) is 0 Å². The van der Waals surface area contributed by atoms with Gasteiger partial charge in [-0.1, -0.05) is 6.92 Å². The summed E-state index contributed by atoms with van der Waals surface area (Å²) in [4.78, 5) is 15.2. The summed E-state index contributed by atoms with van der Waals surface area (Å²) in [5.41, 5.74) is 1.23. The first-order valence-electron chi connectivity index (χ1n) is 5.44. The Balaban J connectivity index is 2.57. The molecule has 1 N–H and O–H groups in total. The molecule has 94 valence electrons. The molecular formula is C12H18N2O2S. The van der Waals surface area contributed by atoms with Gasteiger partial charge in [0, 0.05) is 18.4 Å².